The van der Waals surface area contributed by atoms with Gasteiger partial charge in [0.25, 0.3) is 0 Å². The van der Waals surface area contributed by atoms with Gasteiger partial charge in [-0.15, -0.1) is 21.8 Å². The summed E-state index contributed by atoms with van der Waals surface area (Å²) in [6.45, 7) is 4.34. The number of hydrogen-bond acceptors (Lipinski definition) is 4. The minimum absolute atomic E-state index is 0.103. The normalized spacial score (nSPS) is 12.2. The molecule has 24 heavy (non-hydrogen) atoms. The highest BCUT2D eigenvalue weighted by Crippen LogP contribution is 2.25. The number of benzene rings is 1. The van der Waals surface area contributed by atoms with Crippen molar-refractivity contribution in [1.29, 1.82) is 0 Å². The molecule has 0 aliphatic heterocycles. The minimum atomic E-state index is -0.553. The summed E-state index contributed by atoms with van der Waals surface area (Å²) in [4.78, 5) is 14.6. The van der Waals surface area contributed by atoms with Crippen LogP contribution in [-0.2, 0) is 24.8 Å². The number of halogens is 1. The van der Waals surface area contributed by atoms with Crippen LogP contribution < -0.4 is 4.90 Å². The lowest BCUT2D eigenvalue weighted by molar-refractivity contribution is -0.118. The molecule has 0 saturated heterocycles. The number of carbonyl (C=O) groups is 1. The highest BCUT2D eigenvalue weighted by Gasteiger charge is 2.26. The lowest BCUT2D eigenvalue weighted by atomic mass is 10.1. The quantitative estimate of drug-likeness (QED) is 0.554. The first kappa shape index (κ1) is 18.8. The summed E-state index contributed by atoms with van der Waals surface area (Å²) in [5, 5.41) is 8.65. The third-order valence-electron chi connectivity index (χ3n) is 3.96. The molecule has 1 unspecified atom stereocenters. The zero-order chi connectivity index (χ0) is 17.7. The number of para-hydroxylation sites is 1. The Morgan fingerprint density at radius 2 is 2.04 bits per heavy atom. The second kappa shape index (κ2) is 8.53. The Hall–Kier alpha value is -1.53. The predicted octanol–water partition coefficient (Wildman–Crippen LogP) is 3.65. The Morgan fingerprint density at radius 3 is 2.62 bits per heavy atom. The topological polar surface area (TPSA) is 51.0 Å². The Morgan fingerprint density at radius 1 is 1.33 bits per heavy atom. The summed E-state index contributed by atoms with van der Waals surface area (Å²) in [5.41, 5.74) is 2.00. The van der Waals surface area contributed by atoms with Gasteiger partial charge in [0.05, 0.1) is 6.54 Å². The Labute approximate surface area is 152 Å². The smallest absolute Gasteiger partial charge is 0.245 e. The fraction of sp³-hybridized carbons (Fsp3) is 0.471. The maximum atomic E-state index is 12.9. The summed E-state index contributed by atoms with van der Waals surface area (Å²) in [6, 6.07) is 7.92. The van der Waals surface area contributed by atoms with Crippen LogP contribution in [0.25, 0.3) is 0 Å². The van der Waals surface area contributed by atoms with Crippen molar-refractivity contribution in [2.45, 2.75) is 43.8 Å². The van der Waals surface area contributed by atoms with E-state index in [2.05, 4.69) is 17.1 Å². The Kier molecular flexibility index (Phi) is 6.69. The average molecular weight is 367 g/mol. The number of hydrogen-bond donors (Lipinski definition) is 0. The van der Waals surface area contributed by atoms with Crippen molar-refractivity contribution >= 4 is 35.0 Å². The first-order chi connectivity index (χ1) is 11.5. The molecular weight excluding hydrogens is 344 g/mol. The molecule has 0 aliphatic rings. The van der Waals surface area contributed by atoms with Gasteiger partial charge in [-0.1, -0.05) is 43.8 Å². The van der Waals surface area contributed by atoms with Crippen molar-refractivity contribution in [3.05, 3.63) is 35.7 Å². The standard InChI is InChI=1S/C17H23ClN4OS/c1-5-12-9-7-8-10-14(12)22(16(23)13(18)6-2)11-15-19-20-17(24-4)21(15)3/h7-10,13H,5-6,11H2,1-4H3. The summed E-state index contributed by atoms with van der Waals surface area (Å²) in [7, 11) is 1.91. The van der Waals surface area contributed by atoms with Crippen molar-refractivity contribution < 1.29 is 4.79 Å². The van der Waals surface area contributed by atoms with Gasteiger partial charge in [0.1, 0.15) is 5.38 Å². The van der Waals surface area contributed by atoms with E-state index in [1.807, 2.05) is 49.1 Å². The van der Waals surface area contributed by atoms with Gasteiger partial charge in [-0.2, -0.15) is 0 Å². The highest BCUT2D eigenvalue weighted by atomic mass is 35.5. The Bertz CT molecular complexity index is 704. The van der Waals surface area contributed by atoms with Crippen molar-refractivity contribution in [1.82, 2.24) is 14.8 Å². The fourth-order valence-corrected chi connectivity index (χ4v) is 3.12. The molecule has 2 aromatic rings. The van der Waals surface area contributed by atoms with E-state index in [4.69, 9.17) is 11.6 Å². The molecule has 1 aromatic carbocycles. The van der Waals surface area contributed by atoms with Gasteiger partial charge >= 0.3 is 0 Å². The van der Waals surface area contributed by atoms with Crippen LogP contribution in [0.5, 0.6) is 0 Å². The first-order valence-electron chi connectivity index (χ1n) is 7.99. The van der Waals surface area contributed by atoms with Gasteiger partial charge in [0, 0.05) is 12.7 Å². The second-order valence-electron chi connectivity index (χ2n) is 5.44. The Balaban J connectivity index is 2.43. The molecule has 0 bridgehead atoms. The van der Waals surface area contributed by atoms with E-state index in [9.17, 15) is 4.79 Å². The number of aryl methyl sites for hydroxylation is 1. The van der Waals surface area contributed by atoms with E-state index < -0.39 is 5.38 Å². The summed E-state index contributed by atoms with van der Waals surface area (Å²) in [5.74, 6) is 0.632. The number of aromatic nitrogens is 3. The molecule has 1 heterocycles. The van der Waals surface area contributed by atoms with E-state index >= 15 is 0 Å². The molecule has 130 valence electrons. The number of nitrogens with zero attached hydrogens (tertiary/aromatic N) is 4. The van der Waals surface area contributed by atoms with Crippen LogP contribution in [0.3, 0.4) is 0 Å². The molecule has 0 N–H and O–H groups in total. The molecule has 1 amide bonds. The lowest BCUT2D eigenvalue weighted by Gasteiger charge is -2.26. The van der Waals surface area contributed by atoms with Crippen molar-refractivity contribution in [2.75, 3.05) is 11.2 Å². The highest BCUT2D eigenvalue weighted by molar-refractivity contribution is 7.98. The van der Waals surface area contributed by atoms with Crippen molar-refractivity contribution in [2.24, 2.45) is 7.05 Å². The number of rotatable bonds is 7. The summed E-state index contributed by atoms with van der Waals surface area (Å²) in [6.07, 6.45) is 3.38. The van der Waals surface area contributed by atoms with E-state index in [1.165, 1.54) is 11.8 Å². The molecule has 0 fully saturated rings. The van der Waals surface area contributed by atoms with Gasteiger partial charge in [-0.05, 0) is 30.7 Å². The lowest BCUT2D eigenvalue weighted by Crippen LogP contribution is -2.37. The van der Waals surface area contributed by atoms with Gasteiger partial charge in [-0.25, -0.2) is 0 Å². The molecule has 2 rings (SSSR count). The van der Waals surface area contributed by atoms with Gasteiger partial charge in [-0.3, -0.25) is 4.79 Å². The monoisotopic (exact) mass is 366 g/mol. The molecule has 0 radical (unpaired) electrons. The number of carbonyl (C=O) groups excluding carboxylic acids is 1. The predicted molar refractivity (Wildman–Crippen MR) is 99.7 cm³/mol. The molecule has 1 atom stereocenters. The van der Waals surface area contributed by atoms with E-state index in [0.29, 0.717) is 13.0 Å². The number of alkyl halides is 1. The van der Waals surface area contributed by atoms with E-state index in [1.54, 1.807) is 4.90 Å². The second-order valence-corrected chi connectivity index (χ2v) is 6.74. The van der Waals surface area contributed by atoms with E-state index in [0.717, 1.165) is 28.7 Å². The third kappa shape index (κ3) is 3.92. The van der Waals surface area contributed by atoms with Gasteiger partial charge in [0.15, 0.2) is 11.0 Å². The van der Waals surface area contributed by atoms with Crippen LogP contribution in [0, 0.1) is 0 Å². The van der Waals surface area contributed by atoms with Gasteiger partial charge < -0.3 is 9.47 Å². The van der Waals surface area contributed by atoms with E-state index in [-0.39, 0.29) is 5.91 Å². The number of thioether (sulfide) groups is 1. The average Bonchev–Trinajstić information content (AvgIpc) is 2.98. The molecule has 0 aliphatic carbocycles. The molecule has 0 spiro atoms. The molecule has 5 nitrogen and oxygen atoms in total. The van der Waals surface area contributed by atoms with Gasteiger partial charge in [0.2, 0.25) is 5.91 Å². The SMILES string of the molecule is CCc1ccccc1N(Cc1nnc(SC)n1C)C(=O)C(Cl)CC. The molecule has 0 saturated carbocycles. The third-order valence-corrected chi connectivity index (χ3v) is 5.18. The zero-order valence-corrected chi connectivity index (χ0v) is 16.1. The number of amides is 1. The maximum absolute atomic E-state index is 12.9. The fourth-order valence-electron chi connectivity index (χ4n) is 2.50. The summed E-state index contributed by atoms with van der Waals surface area (Å²) < 4.78 is 1.91. The molecular formula is C17H23ClN4OS. The van der Waals surface area contributed by atoms with Crippen LogP contribution >= 0.6 is 23.4 Å². The first-order valence-corrected chi connectivity index (χ1v) is 9.65. The van der Waals surface area contributed by atoms with Crippen LogP contribution in [0.4, 0.5) is 5.69 Å². The van der Waals surface area contributed by atoms with Crippen LogP contribution in [0.15, 0.2) is 29.4 Å². The van der Waals surface area contributed by atoms with Crippen LogP contribution in [0.2, 0.25) is 0 Å². The summed E-state index contributed by atoms with van der Waals surface area (Å²) >= 11 is 7.78. The molecule has 7 heteroatoms. The van der Waals surface area contributed by atoms with Crippen molar-refractivity contribution in [3.8, 4) is 0 Å². The largest absolute Gasteiger partial charge is 0.308 e. The minimum Gasteiger partial charge on any atom is -0.308 e. The van der Waals surface area contributed by atoms with Crippen LogP contribution in [-0.4, -0.2) is 32.3 Å². The van der Waals surface area contributed by atoms with Crippen LogP contribution in [0.1, 0.15) is 31.7 Å². The van der Waals surface area contributed by atoms with Crippen molar-refractivity contribution in [3.63, 3.8) is 0 Å². The molecule has 1 aromatic heterocycles. The maximum Gasteiger partial charge on any atom is 0.245 e. The zero-order valence-electron chi connectivity index (χ0n) is 14.5. The number of anilines is 1.